The molecule has 2 aromatic carbocycles. The zero-order valence-corrected chi connectivity index (χ0v) is 34.2. The molecule has 4 nitrogen and oxygen atoms in total. The molecule has 2 aromatic rings. The third kappa shape index (κ3) is 21.2. The van der Waals surface area contributed by atoms with Crippen molar-refractivity contribution >= 4 is 17.6 Å². The van der Waals surface area contributed by atoms with Crippen LogP contribution in [0.2, 0.25) is 5.02 Å². The maximum Gasteiger partial charge on any atom is 0.311 e. The minimum Gasteiger partial charge on any atom is -0.496 e. The molecular formula is C46H75ClO4. The predicted octanol–water partition coefficient (Wildman–Crippen LogP) is 14.8. The van der Waals surface area contributed by atoms with Crippen LogP contribution in [-0.2, 0) is 24.1 Å². The second kappa shape index (κ2) is 30.3. The average Bonchev–Trinajstić information content (AvgIpc) is 3.13. The van der Waals surface area contributed by atoms with Gasteiger partial charge in [0.2, 0.25) is 0 Å². The van der Waals surface area contributed by atoms with Gasteiger partial charge in [-0.1, -0.05) is 166 Å². The molecule has 0 amide bonds. The number of halogens is 1. The number of hydrogen-bond donors (Lipinski definition) is 0. The maximum absolute atomic E-state index is 13.0. The number of methoxy groups -OCH3 is 2. The molecule has 0 heterocycles. The number of unbranched alkanes of at least 4 members (excludes halogenated alkanes) is 22. The number of esters is 1. The summed E-state index contributed by atoms with van der Waals surface area (Å²) in [6, 6.07) is 10.4. The molecule has 0 N–H and O–H groups in total. The Morgan fingerprint density at radius 3 is 1.45 bits per heavy atom. The van der Waals surface area contributed by atoms with Gasteiger partial charge in [0.25, 0.3) is 0 Å². The first-order valence-corrected chi connectivity index (χ1v) is 21.6. The summed E-state index contributed by atoms with van der Waals surface area (Å²) in [5.74, 6) is 2.29. The molecule has 0 aromatic heterocycles. The Bertz CT molecular complexity index is 1160. The quantitative estimate of drug-likeness (QED) is 0.0417. The Morgan fingerprint density at radius 2 is 0.922 bits per heavy atom. The van der Waals surface area contributed by atoms with Crippen molar-refractivity contribution in [1.82, 2.24) is 0 Å². The summed E-state index contributed by atoms with van der Waals surface area (Å²) in [6.45, 7) is 4.50. The highest BCUT2D eigenvalue weighted by atomic mass is 35.5. The SMILES string of the molecule is CCCCCCCCCCc1c(OC)cc(CCCCC)cc1OC(=O)CCCCCCCCCCCCCCCCc1ccc(OC)c(Cl)c1. The van der Waals surface area contributed by atoms with Gasteiger partial charge in [0.15, 0.2) is 0 Å². The van der Waals surface area contributed by atoms with Crippen LogP contribution in [0.15, 0.2) is 30.3 Å². The normalized spacial score (nSPS) is 11.2. The van der Waals surface area contributed by atoms with E-state index in [1.165, 1.54) is 146 Å². The zero-order valence-electron chi connectivity index (χ0n) is 33.4. The van der Waals surface area contributed by atoms with E-state index in [9.17, 15) is 4.79 Å². The number of aryl methyl sites for hydroxylation is 2. The Labute approximate surface area is 319 Å². The molecule has 0 radical (unpaired) electrons. The van der Waals surface area contributed by atoms with E-state index in [4.69, 9.17) is 25.8 Å². The summed E-state index contributed by atoms with van der Waals surface area (Å²) in [5, 5.41) is 0.710. The Balaban J connectivity index is 1.56. The summed E-state index contributed by atoms with van der Waals surface area (Å²) in [7, 11) is 3.41. The van der Waals surface area contributed by atoms with Crippen molar-refractivity contribution in [1.29, 1.82) is 0 Å². The standard InChI is InChI=1S/C46H75ClO4/c1-5-7-9-10-11-21-24-28-32-41-44(50-4)37-40(31-26-8-6-2)38-45(41)51-46(48)33-29-25-22-19-17-15-13-12-14-16-18-20-23-27-30-39-34-35-43(49-3)42(47)36-39/h34-38H,5-33H2,1-4H3. The first kappa shape index (κ1) is 45.0. The number of ether oxygens (including phenoxy) is 3. The van der Waals surface area contributed by atoms with Crippen molar-refractivity contribution < 1.29 is 19.0 Å². The Kier molecular flexibility index (Phi) is 26.7. The summed E-state index contributed by atoms with van der Waals surface area (Å²) in [5.41, 5.74) is 3.59. The minimum absolute atomic E-state index is 0.0953. The maximum atomic E-state index is 13.0. The van der Waals surface area contributed by atoms with Crippen LogP contribution in [0.25, 0.3) is 0 Å². The van der Waals surface area contributed by atoms with Crippen molar-refractivity contribution in [3.05, 3.63) is 52.0 Å². The molecule has 0 bridgehead atoms. The Hall–Kier alpha value is -2.20. The van der Waals surface area contributed by atoms with Crippen molar-refractivity contribution in [3.8, 4) is 17.2 Å². The third-order valence-electron chi connectivity index (χ3n) is 10.3. The van der Waals surface area contributed by atoms with E-state index in [-0.39, 0.29) is 5.97 Å². The van der Waals surface area contributed by atoms with E-state index < -0.39 is 0 Å². The van der Waals surface area contributed by atoms with E-state index in [0.717, 1.165) is 67.8 Å². The molecule has 5 heteroatoms. The molecule has 51 heavy (non-hydrogen) atoms. The average molecular weight is 728 g/mol. The topological polar surface area (TPSA) is 44.8 Å². The Morgan fingerprint density at radius 1 is 0.490 bits per heavy atom. The number of hydrogen-bond acceptors (Lipinski definition) is 4. The molecule has 2 rings (SSSR count). The molecule has 0 spiro atoms. The van der Waals surface area contributed by atoms with Gasteiger partial charge >= 0.3 is 5.97 Å². The van der Waals surface area contributed by atoms with Gasteiger partial charge in [-0.3, -0.25) is 4.79 Å². The molecule has 0 aliphatic carbocycles. The van der Waals surface area contributed by atoms with Crippen LogP contribution in [0.5, 0.6) is 17.2 Å². The van der Waals surface area contributed by atoms with E-state index in [1.54, 1.807) is 14.2 Å². The second-order valence-corrected chi connectivity index (χ2v) is 15.3. The van der Waals surface area contributed by atoms with Crippen LogP contribution in [0, 0.1) is 0 Å². The van der Waals surface area contributed by atoms with Crippen LogP contribution < -0.4 is 14.2 Å². The highest BCUT2D eigenvalue weighted by Gasteiger charge is 2.16. The summed E-state index contributed by atoms with van der Waals surface area (Å²) in [6.07, 6.45) is 35.1. The zero-order chi connectivity index (χ0) is 36.8. The number of carbonyl (C=O) groups is 1. The molecule has 0 fully saturated rings. The first-order valence-electron chi connectivity index (χ1n) is 21.2. The third-order valence-corrected chi connectivity index (χ3v) is 10.6. The number of carbonyl (C=O) groups excluding carboxylic acids is 1. The van der Waals surface area contributed by atoms with Gasteiger partial charge in [-0.25, -0.2) is 0 Å². The van der Waals surface area contributed by atoms with Crippen LogP contribution in [-0.4, -0.2) is 20.2 Å². The van der Waals surface area contributed by atoms with Crippen molar-refractivity contribution in [2.45, 2.75) is 200 Å². The molecular weight excluding hydrogens is 652 g/mol. The highest BCUT2D eigenvalue weighted by molar-refractivity contribution is 6.32. The monoisotopic (exact) mass is 727 g/mol. The second-order valence-electron chi connectivity index (χ2n) is 14.8. The first-order chi connectivity index (χ1) is 25.0. The van der Waals surface area contributed by atoms with E-state index in [0.29, 0.717) is 11.4 Å². The van der Waals surface area contributed by atoms with Gasteiger partial charge < -0.3 is 14.2 Å². The van der Waals surface area contributed by atoms with Crippen LogP contribution >= 0.6 is 11.6 Å². The van der Waals surface area contributed by atoms with Crippen molar-refractivity contribution in [2.75, 3.05) is 14.2 Å². The fourth-order valence-corrected chi connectivity index (χ4v) is 7.39. The van der Waals surface area contributed by atoms with Crippen LogP contribution in [0.4, 0.5) is 0 Å². The minimum atomic E-state index is -0.0953. The molecule has 0 saturated heterocycles. The highest BCUT2D eigenvalue weighted by Crippen LogP contribution is 2.34. The van der Waals surface area contributed by atoms with Gasteiger partial charge in [-0.15, -0.1) is 0 Å². The summed E-state index contributed by atoms with van der Waals surface area (Å²) < 4.78 is 17.2. The largest absolute Gasteiger partial charge is 0.496 e. The number of benzene rings is 2. The lowest BCUT2D eigenvalue weighted by Gasteiger charge is -2.16. The van der Waals surface area contributed by atoms with E-state index >= 15 is 0 Å². The molecule has 290 valence electrons. The van der Waals surface area contributed by atoms with Crippen LogP contribution in [0.3, 0.4) is 0 Å². The summed E-state index contributed by atoms with van der Waals surface area (Å²) in [4.78, 5) is 13.0. The van der Waals surface area contributed by atoms with Gasteiger partial charge in [-0.2, -0.15) is 0 Å². The smallest absolute Gasteiger partial charge is 0.311 e. The summed E-state index contributed by atoms with van der Waals surface area (Å²) >= 11 is 6.25. The lowest BCUT2D eigenvalue weighted by atomic mass is 9.99. The molecule has 0 saturated carbocycles. The van der Waals surface area contributed by atoms with Crippen molar-refractivity contribution in [3.63, 3.8) is 0 Å². The fourth-order valence-electron chi connectivity index (χ4n) is 7.11. The van der Waals surface area contributed by atoms with E-state index in [2.05, 4.69) is 32.0 Å². The lowest BCUT2D eigenvalue weighted by Crippen LogP contribution is -2.10. The molecule has 0 unspecified atom stereocenters. The van der Waals surface area contributed by atoms with Crippen molar-refractivity contribution in [2.24, 2.45) is 0 Å². The van der Waals surface area contributed by atoms with Gasteiger partial charge in [0.1, 0.15) is 17.2 Å². The predicted molar refractivity (Wildman–Crippen MR) is 219 cm³/mol. The fraction of sp³-hybridized carbons (Fsp3) is 0.717. The van der Waals surface area contributed by atoms with Gasteiger partial charge in [0, 0.05) is 12.0 Å². The molecule has 0 aliphatic rings. The van der Waals surface area contributed by atoms with Gasteiger partial charge in [0.05, 0.1) is 19.2 Å². The molecule has 0 atom stereocenters. The number of rotatable bonds is 33. The van der Waals surface area contributed by atoms with Gasteiger partial charge in [-0.05, 0) is 80.3 Å². The lowest BCUT2D eigenvalue weighted by molar-refractivity contribution is -0.134. The van der Waals surface area contributed by atoms with E-state index in [1.807, 2.05) is 12.1 Å². The van der Waals surface area contributed by atoms with Crippen LogP contribution in [0.1, 0.15) is 197 Å². The molecule has 0 aliphatic heterocycles.